The number of nitrogens with two attached hydrogens (primary N) is 1. The Labute approximate surface area is 447 Å². The molecule has 1 aliphatic carbocycles. The fourth-order valence-electron chi connectivity index (χ4n) is 10.9. The quantitative estimate of drug-likeness (QED) is 0.0791. The normalized spacial score (nSPS) is 38.0. The lowest BCUT2D eigenvalue weighted by Gasteiger charge is -2.43. The Balaban J connectivity index is 1.74. The molecule has 0 aromatic heterocycles. The van der Waals surface area contributed by atoms with E-state index in [1.165, 1.54) is 14.2 Å². The molecule has 0 aromatic rings. The van der Waals surface area contributed by atoms with Crippen molar-refractivity contribution in [2.45, 2.75) is 204 Å². The average molecular weight is 1080 g/mol. The highest BCUT2D eigenvalue weighted by Crippen LogP contribution is 2.38. The van der Waals surface area contributed by atoms with Crippen LogP contribution in [0.1, 0.15) is 126 Å². The van der Waals surface area contributed by atoms with Crippen molar-refractivity contribution < 1.29 is 88.2 Å². The number of cyclic esters (lactones) is 1. The molecule has 20 nitrogen and oxygen atoms in total. The van der Waals surface area contributed by atoms with Crippen LogP contribution in [0.15, 0.2) is 47.6 Å². The fourth-order valence-corrected chi connectivity index (χ4v) is 10.9. The number of methoxy groups -OCH3 is 2. The van der Waals surface area contributed by atoms with E-state index in [1.54, 1.807) is 65.0 Å². The van der Waals surface area contributed by atoms with Crippen LogP contribution in [0.4, 0.5) is 0 Å². The molecule has 1 saturated carbocycles. The first-order valence-electron chi connectivity index (χ1n) is 27.0. The molecular weight excluding hydrogens is 989 g/mol. The van der Waals surface area contributed by atoms with Gasteiger partial charge in [-0.25, -0.2) is 4.79 Å². The molecule has 4 aliphatic rings. The predicted octanol–water partition coefficient (Wildman–Crippen LogP) is 2.48. The van der Waals surface area contributed by atoms with E-state index >= 15 is 0 Å². The number of nitrogens with zero attached hydrogens (tertiary/aromatic N) is 1. The van der Waals surface area contributed by atoms with Crippen LogP contribution in [0.25, 0.3) is 0 Å². The van der Waals surface area contributed by atoms with Gasteiger partial charge in [0, 0.05) is 51.4 Å². The van der Waals surface area contributed by atoms with E-state index in [0.717, 1.165) is 4.90 Å². The zero-order valence-electron chi connectivity index (χ0n) is 45.9. The van der Waals surface area contributed by atoms with Crippen molar-refractivity contribution in [1.82, 2.24) is 4.90 Å². The van der Waals surface area contributed by atoms with Gasteiger partial charge in [0.2, 0.25) is 11.7 Å². The highest BCUT2D eigenvalue weighted by molar-refractivity contribution is 6.39. The smallest absolute Gasteiger partial charge is 0.329 e. The molecule has 430 valence electrons. The monoisotopic (exact) mass is 1080 g/mol. The number of rotatable bonds is 12. The number of piperidine rings is 1. The molecule has 4 rings (SSSR count). The summed E-state index contributed by atoms with van der Waals surface area (Å²) in [5.41, 5.74) is 5.94. The van der Waals surface area contributed by atoms with Crippen molar-refractivity contribution in [1.29, 1.82) is 0 Å². The number of carbonyl (C=O) groups is 6. The molecule has 19 atom stereocenters. The number of aliphatic hydroxyl groups excluding tert-OH is 6. The number of Topliss-reactive ketones (excluding diaryl/α,β-unsaturated/α-hetero) is 3. The summed E-state index contributed by atoms with van der Waals surface area (Å²) >= 11 is 0. The highest BCUT2D eigenvalue weighted by atomic mass is 16.6. The third kappa shape index (κ3) is 17.2. The molecule has 0 radical (unpaired) electrons. The molecule has 3 aliphatic heterocycles. The number of hydrogen-bond acceptors (Lipinski definition) is 18. The molecule has 2 saturated heterocycles. The van der Waals surface area contributed by atoms with Crippen LogP contribution in [0.2, 0.25) is 0 Å². The Kier molecular flexibility index (Phi) is 25.3. The molecule has 2 amide bonds. The van der Waals surface area contributed by atoms with Gasteiger partial charge < -0.3 is 70.1 Å². The van der Waals surface area contributed by atoms with Gasteiger partial charge in [0.15, 0.2) is 11.9 Å². The van der Waals surface area contributed by atoms with Crippen LogP contribution in [-0.4, -0.2) is 182 Å². The Morgan fingerprint density at radius 3 is 2.22 bits per heavy atom. The van der Waals surface area contributed by atoms with Crippen molar-refractivity contribution >= 4 is 35.1 Å². The maximum absolute atomic E-state index is 14.5. The highest BCUT2D eigenvalue weighted by Gasteiger charge is 2.53. The first kappa shape index (κ1) is 64.5. The minimum atomic E-state index is -2.65. The van der Waals surface area contributed by atoms with E-state index in [4.69, 9.17) is 29.4 Å². The number of fused-ring (bicyclic) bond motifs is 3. The first-order chi connectivity index (χ1) is 35.7. The topological polar surface area (TPSA) is 319 Å². The largest absolute Gasteiger partial charge is 0.460 e. The van der Waals surface area contributed by atoms with Gasteiger partial charge in [0.05, 0.1) is 31.0 Å². The van der Waals surface area contributed by atoms with Crippen molar-refractivity contribution in [2.75, 3.05) is 27.4 Å². The van der Waals surface area contributed by atoms with Crippen LogP contribution in [0.3, 0.4) is 0 Å². The molecular formula is C56H88N2O18. The van der Waals surface area contributed by atoms with E-state index in [9.17, 15) is 64.5 Å². The second kappa shape index (κ2) is 29.8. The maximum Gasteiger partial charge on any atom is 0.329 e. The number of amides is 2. The second-order valence-electron chi connectivity index (χ2n) is 22.1. The molecule has 1 unspecified atom stereocenters. The van der Waals surface area contributed by atoms with Gasteiger partial charge >= 0.3 is 5.97 Å². The summed E-state index contributed by atoms with van der Waals surface area (Å²) in [5.74, 6) is -10.6. The lowest BCUT2D eigenvalue weighted by atomic mass is 9.78. The Bertz CT molecular complexity index is 2090. The molecule has 0 aromatic carbocycles. The van der Waals surface area contributed by atoms with Gasteiger partial charge in [-0.05, 0) is 107 Å². The summed E-state index contributed by atoms with van der Waals surface area (Å²) in [5, 5.41) is 75.7. The van der Waals surface area contributed by atoms with Gasteiger partial charge in [0.1, 0.15) is 48.4 Å². The number of allylic oxidation sites excluding steroid dienone is 6. The lowest BCUT2D eigenvalue weighted by Crippen LogP contribution is -2.61. The molecule has 3 heterocycles. The molecule has 20 heteroatoms. The van der Waals surface area contributed by atoms with Gasteiger partial charge in [-0.2, -0.15) is 0 Å². The number of aliphatic hydroxyl groups is 7. The van der Waals surface area contributed by atoms with E-state index in [-0.39, 0.29) is 62.1 Å². The zero-order chi connectivity index (χ0) is 56.8. The van der Waals surface area contributed by atoms with Gasteiger partial charge in [0.25, 0.3) is 11.7 Å². The van der Waals surface area contributed by atoms with Crippen LogP contribution >= 0.6 is 0 Å². The maximum atomic E-state index is 14.5. The molecule has 9 N–H and O–H groups in total. The third-order valence-corrected chi connectivity index (χ3v) is 16.0. The van der Waals surface area contributed by atoms with E-state index in [0.29, 0.717) is 56.1 Å². The van der Waals surface area contributed by atoms with Crippen molar-refractivity contribution in [3.8, 4) is 0 Å². The summed E-state index contributed by atoms with van der Waals surface area (Å²) in [6.45, 7) is 11.4. The van der Waals surface area contributed by atoms with Crippen molar-refractivity contribution in [3.05, 3.63) is 47.6 Å². The zero-order valence-corrected chi connectivity index (χ0v) is 45.9. The SMILES string of the molecule is CO[C@@H]1C[C@H](C[C@@H](C)[C@@H]2CC(=O)[C@H](C)/C=C(\C)[C@@H](O)[C@@H](OC)C(=O)[C@H](C)C[C@H](C)/C=C/C=C/C=C(\C)C(OC[C@@H](O)[C@H](O)[C@H](O)[C@@H](O)C(N)=O)C[C@@H]3CC[C@@H](C)[C@@](O)(O3)C(=O)C(=O)N3CCCC[C@H]3C(=O)O2)CC[C@H]1O. The second-order valence-corrected chi connectivity index (χ2v) is 22.1. The summed E-state index contributed by atoms with van der Waals surface area (Å²) in [6, 6.07) is -1.26. The summed E-state index contributed by atoms with van der Waals surface area (Å²) < 4.78 is 29.6. The van der Waals surface area contributed by atoms with Crippen LogP contribution < -0.4 is 5.73 Å². The van der Waals surface area contributed by atoms with E-state index in [2.05, 4.69) is 0 Å². The molecule has 0 spiro atoms. The number of hydrogen-bond donors (Lipinski definition) is 8. The van der Waals surface area contributed by atoms with Gasteiger partial charge in [-0.3, -0.25) is 24.0 Å². The Morgan fingerprint density at radius 1 is 0.868 bits per heavy atom. The molecule has 3 fully saturated rings. The number of carbonyl (C=O) groups excluding carboxylic acids is 6. The van der Waals surface area contributed by atoms with Crippen LogP contribution in [0, 0.1) is 35.5 Å². The van der Waals surface area contributed by atoms with Gasteiger partial charge in [-0.15, -0.1) is 0 Å². The van der Waals surface area contributed by atoms with Crippen LogP contribution in [-0.2, 0) is 52.5 Å². The number of esters is 1. The summed E-state index contributed by atoms with van der Waals surface area (Å²) in [4.78, 5) is 84.0. The number of ketones is 3. The average Bonchev–Trinajstić information content (AvgIpc) is 3.39. The standard InChI is InChI=1S/C56H88N2O18/c1-30-15-11-10-12-16-31(2)43(74-29-42(61)48(64)49(65)50(66)53(57)68)27-38-20-18-36(7)56(71,76-38)52(67)54(69)58-22-14-13-17-39(58)55(70)75-44(33(4)25-37-19-21-40(59)45(26-37)72-8)28-41(60)32(3)24-35(6)47(63)51(73-9)46(62)34(5)23-30/h10-12,15-16,24,30,32-34,36-40,42-45,47-51,59,61,63-66,71H,13-14,17-23,25-29H2,1-9H3,(H2,57,68)/b12-10+,15-11+,31-16+,35-24+/t30-,32-,33-,34-,36-,37+,38+,39+,40-,42-,43?,44+,45-,47-,48+,49+,50-,51+,56-/m1/s1. The predicted molar refractivity (Wildman–Crippen MR) is 277 cm³/mol. The number of primary amides is 1. The Morgan fingerprint density at radius 2 is 1.57 bits per heavy atom. The number of ether oxygens (including phenoxy) is 5. The lowest BCUT2D eigenvalue weighted by molar-refractivity contribution is -0.266. The molecule has 2 bridgehead atoms. The van der Waals surface area contributed by atoms with E-state index < -0.39 is 133 Å². The molecule has 76 heavy (non-hydrogen) atoms. The minimum Gasteiger partial charge on any atom is -0.460 e. The van der Waals surface area contributed by atoms with Crippen molar-refractivity contribution in [2.24, 2.45) is 41.2 Å². The summed E-state index contributed by atoms with van der Waals surface area (Å²) in [7, 11) is 2.87. The van der Waals surface area contributed by atoms with Crippen molar-refractivity contribution in [3.63, 3.8) is 0 Å². The Hall–Kier alpha value is -4.06. The summed E-state index contributed by atoms with van der Waals surface area (Å²) in [6.07, 6.45) is -0.546. The first-order valence-corrected chi connectivity index (χ1v) is 27.0. The van der Waals surface area contributed by atoms with Gasteiger partial charge in [-0.1, -0.05) is 71.1 Å². The van der Waals surface area contributed by atoms with Crippen LogP contribution in [0.5, 0.6) is 0 Å². The van der Waals surface area contributed by atoms with E-state index in [1.807, 2.05) is 19.9 Å². The fraction of sp³-hybridized carbons (Fsp3) is 0.750. The third-order valence-electron chi connectivity index (χ3n) is 16.0. The minimum absolute atomic E-state index is 0.0196.